The lowest BCUT2D eigenvalue weighted by molar-refractivity contribution is -0.122. The molecule has 0 radical (unpaired) electrons. The summed E-state index contributed by atoms with van der Waals surface area (Å²) >= 11 is 3.45. The van der Waals surface area contributed by atoms with Gasteiger partial charge in [-0.25, -0.2) is 0 Å². The van der Waals surface area contributed by atoms with Gasteiger partial charge < -0.3 is 11.1 Å². The van der Waals surface area contributed by atoms with E-state index in [-0.39, 0.29) is 5.91 Å². The Morgan fingerprint density at radius 3 is 2.43 bits per heavy atom. The molecular weight excluding hydrogens is 328 g/mol. The average molecular weight is 347 g/mol. The van der Waals surface area contributed by atoms with Crippen molar-refractivity contribution in [1.82, 2.24) is 0 Å². The molecule has 1 amide bonds. The van der Waals surface area contributed by atoms with Gasteiger partial charge in [-0.15, -0.1) is 0 Å². The van der Waals surface area contributed by atoms with Crippen molar-refractivity contribution >= 4 is 27.5 Å². The first kappa shape index (κ1) is 15.6. The Balaban J connectivity index is 2.46. The number of carbonyl (C=O) groups excluding carboxylic acids is 1. The van der Waals surface area contributed by atoms with Crippen molar-refractivity contribution in [2.75, 3.05) is 5.32 Å². The van der Waals surface area contributed by atoms with E-state index in [4.69, 9.17) is 5.73 Å². The van der Waals surface area contributed by atoms with Crippen LogP contribution in [0.1, 0.15) is 24.5 Å². The molecule has 2 rings (SSSR count). The van der Waals surface area contributed by atoms with Crippen molar-refractivity contribution in [3.63, 3.8) is 0 Å². The second kappa shape index (κ2) is 6.31. The Hall–Kier alpha value is -1.81. The first-order valence-electron chi connectivity index (χ1n) is 6.89. The molecule has 1 atom stereocenters. The fourth-order valence-electron chi connectivity index (χ4n) is 2.38. The van der Waals surface area contributed by atoms with E-state index in [1.54, 1.807) is 0 Å². The minimum Gasteiger partial charge on any atom is -0.368 e. The molecule has 2 aromatic carbocycles. The highest BCUT2D eigenvalue weighted by Crippen LogP contribution is 2.31. The summed E-state index contributed by atoms with van der Waals surface area (Å²) in [6.45, 7) is 3.98. The Labute approximate surface area is 133 Å². The van der Waals surface area contributed by atoms with E-state index >= 15 is 0 Å². The summed E-state index contributed by atoms with van der Waals surface area (Å²) in [5.74, 6) is -0.385. The highest BCUT2D eigenvalue weighted by Gasteiger charge is 2.36. The number of nitrogens with two attached hydrogens (primary N) is 1. The third kappa shape index (κ3) is 3.27. The van der Waals surface area contributed by atoms with Crippen LogP contribution in [0, 0.1) is 6.92 Å². The third-order valence-electron chi connectivity index (χ3n) is 3.68. The lowest BCUT2D eigenvalue weighted by Crippen LogP contribution is -2.47. The van der Waals surface area contributed by atoms with E-state index in [0.29, 0.717) is 6.42 Å². The van der Waals surface area contributed by atoms with Crippen LogP contribution in [0.3, 0.4) is 0 Å². The summed E-state index contributed by atoms with van der Waals surface area (Å²) < 4.78 is 0.921. The van der Waals surface area contributed by atoms with Gasteiger partial charge in [-0.3, -0.25) is 4.79 Å². The van der Waals surface area contributed by atoms with Gasteiger partial charge in [0.1, 0.15) is 5.54 Å². The van der Waals surface area contributed by atoms with Crippen molar-refractivity contribution in [3.05, 3.63) is 64.1 Å². The lowest BCUT2D eigenvalue weighted by Gasteiger charge is -2.32. The summed E-state index contributed by atoms with van der Waals surface area (Å²) in [5, 5.41) is 3.32. The number of benzene rings is 2. The molecule has 3 nitrogen and oxygen atoms in total. The van der Waals surface area contributed by atoms with Gasteiger partial charge in [-0.2, -0.15) is 0 Å². The molecule has 0 bridgehead atoms. The van der Waals surface area contributed by atoms with Crippen LogP contribution in [-0.2, 0) is 10.3 Å². The average Bonchev–Trinajstić information content (AvgIpc) is 2.46. The smallest absolute Gasteiger partial charge is 0.247 e. The van der Waals surface area contributed by atoms with Crippen LogP contribution in [0.15, 0.2) is 53.0 Å². The zero-order valence-electron chi connectivity index (χ0n) is 12.2. The number of amides is 1. The van der Waals surface area contributed by atoms with Gasteiger partial charge in [0.15, 0.2) is 0 Å². The van der Waals surface area contributed by atoms with E-state index in [1.807, 2.05) is 62.4 Å². The SMILES string of the molecule is CCC(Nc1ccc(C)cc1)(C(N)=O)c1cccc(Br)c1. The van der Waals surface area contributed by atoms with Crippen molar-refractivity contribution < 1.29 is 4.79 Å². The lowest BCUT2D eigenvalue weighted by atomic mass is 9.86. The Morgan fingerprint density at radius 2 is 1.90 bits per heavy atom. The first-order valence-corrected chi connectivity index (χ1v) is 7.68. The summed E-state index contributed by atoms with van der Waals surface area (Å²) in [7, 11) is 0. The van der Waals surface area contributed by atoms with Crippen molar-refractivity contribution in [1.29, 1.82) is 0 Å². The van der Waals surface area contributed by atoms with E-state index in [1.165, 1.54) is 5.56 Å². The van der Waals surface area contributed by atoms with Crippen LogP contribution >= 0.6 is 15.9 Å². The largest absolute Gasteiger partial charge is 0.368 e. The summed E-state index contributed by atoms with van der Waals surface area (Å²) in [4.78, 5) is 12.2. The van der Waals surface area contributed by atoms with E-state index in [9.17, 15) is 4.79 Å². The second-order valence-electron chi connectivity index (χ2n) is 5.12. The normalized spacial score (nSPS) is 13.5. The van der Waals surface area contributed by atoms with Gasteiger partial charge in [-0.1, -0.05) is 52.7 Å². The number of hydrogen-bond acceptors (Lipinski definition) is 2. The molecule has 0 aliphatic rings. The molecule has 0 aliphatic heterocycles. The van der Waals surface area contributed by atoms with Crippen molar-refractivity contribution in [3.8, 4) is 0 Å². The van der Waals surface area contributed by atoms with Crippen LogP contribution in [0.4, 0.5) is 5.69 Å². The maximum absolute atomic E-state index is 12.2. The number of primary amides is 1. The highest BCUT2D eigenvalue weighted by atomic mass is 79.9. The quantitative estimate of drug-likeness (QED) is 0.860. The topological polar surface area (TPSA) is 55.1 Å². The van der Waals surface area contributed by atoms with Gasteiger partial charge in [-0.05, 0) is 43.2 Å². The predicted molar refractivity (Wildman–Crippen MR) is 90.1 cm³/mol. The number of carbonyl (C=O) groups is 1. The second-order valence-corrected chi connectivity index (χ2v) is 6.04. The molecule has 0 aromatic heterocycles. The predicted octanol–water partition coefficient (Wildman–Crippen LogP) is 3.96. The standard InChI is InChI=1S/C17H19BrN2O/c1-3-17(16(19)21,13-5-4-6-14(18)11-13)20-15-9-7-12(2)8-10-15/h4-11,20H,3H2,1-2H3,(H2,19,21). The summed E-state index contributed by atoms with van der Waals surface area (Å²) in [5.41, 5.74) is 7.71. The molecule has 1 unspecified atom stereocenters. The molecule has 0 saturated heterocycles. The molecule has 0 aliphatic carbocycles. The summed E-state index contributed by atoms with van der Waals surface area (Å²) in [6, 6.07) is 15.6. The fraction of sp³-hybridized carbons (Fsp3) is 0.235. The summed E-state index contributed by atoms with van der Waals surface area (Å²) in [6.07, 6.45) is 0.562. The van der Waals surface area contributed by atoms with Gasteiger partial charge in [0.25, 0.3) is 0 Å². The van der Waals surface area contributed by atoms with E-state index in [2.05, 4.69) is 21.2 Å². The molecule has 0 spiro atoms. The molecule has 0 fully saturated rings. The number of hydrogen-bond donors (Lipinski definition) is 2. The minimum atomic E-state index is -0.918. The van der Waals surface area contributed by atoms with Crippen LogP contribution in [0.5, 0.6) is 0 Å². The van der Waals surface area contributed by atoms with Gasteiger partial charge >= 0.3 is 0 Å². The Morgan fingerprint density at radius 1 is 1.24 bits per heavy atom. The van der Waals surface area contributed by atoms with Crippen molar-refractivity contribution in [2.24, 2.45) is 5.73 Å². The Bertz CT molecular complexity index is 639. The Kier molecular flexibility index (Phi) is 4.68. The number of aryl methyl sites for hydroxylation is 1. The third-order valence-corrected chi connectivity index (χ3v) is 4.17. The van der Waals surface area contributed by atoms with Gasteiger partial charge in [0.2, 0.25) is 5.91 Å². The first-order chi connectivity index (χ1) is 9.98. The molecule has 110 valence electrons. The number of rotatable bonds is 5. The van der Waals surface area contributed by atoms with Gasteiger partial charge in [0.05, 0.1) is 0 Å². The molecule has 0 heterocycles. The molecule has 4 heteroatoms. The number of halogens is 1. The fourth-order valence-corrected chi connectivity index (χ4v) is 2.78. The van der Waals surface area contributed by atoms with Crippen LogP contribution in [0.2, 0.25) is 0 Å². The van der Waals surface area contributed by atoms with E-state index in [0.717, 1.165) is 15.7 Å². The highest BCUT2D eigenvalue weighted by molar-refractivity contribution is 9.10. The molecular formula is C17H19BrN2O. The molecule has 21 heavy (non-hydrogen) atoms. The van der Waals surface area contributed by atoms with Crippen LogP contribution < -0.4 is 11.1 Å². The molecule has 0 saturated carbocycles. The van der Waals surface area contributed by atoms with Crippen molar-refractivity contribution in [2.45, 2.75) is 25.8 Å². The van der Waals surface area contributed by atoms with Gasteiger partial charge in [0, 0.05) is 10.2 Å². The minimum absolute atomic E-state index is 0.385. The molecule has 2 aromatic rings. The maximum atomic E-state index is 12.2. The number of anilines is 1. The zero-order chi connectivity index (χ0) is 15.5. The van der Waals surface area contributed by atoms with Crippen LogP contribution in [0.25, 0.3) is 0 Å². The van der Waals surface area contributed by atoms with E-state index < -0.39 is 5.54 Å². The monoisotopic (exact) mass is 346 g/mol. The zero-order valence-corrected chi connectivity index (χ0v) is 13.8. The number of nitrogens with one attached hydrogen (secondary N) is 1. The van der Waals surface area contributed by atoms with Crippen LogP contribution in [-0.4, -0.2) is 5.91 Å². The maximum Gasteiger partial charge on any atom is 0.247 e. The molecule has 3 N–H and O–H groups in total.